The highest BCUT2D eigenvalue weighted by molar-refractivity contribution is 7.12. The first-order chi connectivity index (χ1) is 11.8. The second kappa shape index (κ2) is 6.29. The van der Waals surface area contributed by atoms with E-state index in [1.807, 2.05) is 60.0 Å². The molecule has 1 N–H and O–H groups in total. The van der Waals surface area contributed by atoms with Crippen LogP contribution in [0.5, 0.6) is 0 Å². The molecule has 4 nitrogen and oxygen atoms in total. The average Bonchev–Trinajstić information content (AvgIpc) is 3.24. The SMILES string of the molecule is O=C(Nc1ccc2oc(Cc3ccccc3)nc2c1)c1cccs1. The summed E-state index contributed by atoms with van der Waals surface area (Å²) >= 11 is 1.41. The number of nitrogens with one attached hydrogen (secondary N) is 1. The van der Waals surface area contributed by atoms with Crippen molar-refractivity contribution in [3.8, 4) is 0 Å². The largest absolute Gasteiger partial charge is 0.440 e. The zero-order chi connectivity index (χ0) is 16.4. The fraction of sp³-hybridized carbons (Fsp3) is 0.0526. The van der Waals surface area contributed by atoms with Gasteiger partial charge in [0, 0.05) is 12.1 Å². The molecule has 24 heavy (non-hydrogen) atoms. The predicted octanol–water partition coefficient (Wildman–Crippen LogP) is 4.73. The first-order valence-corrected chi connectivity index (χ1v) is 8.44. The van der Waals surface area contributed by atoms with E-state index in [9.17, 15) is 4.79 Å². The maximum atomic E-state index is 12.1. The molecule has 0 saturated carbocycles. The molecule has 0 aliphatic carbocycles. The van der Waals surface area contributed by atoms with E-state index < -0.39 is 0 Å². The van der Waals surface area contributed by atoms with Gasteiger partial charge in [0.2, 0.25) is 0 Å². The van der Waals surface area contributed by atoms with Gasteiger partial charge in [-0.3, -0.25) is 4.79 Å². The molecule has 1 amide bonds. The minimum Gasteiger partial charge on any atom is -0.440 e. The number of anilines is 1. The summed E-state index contributed by atoms with van der Waals surface area (Å²) in [6.07, 6.45) is 0.645. The Morgan fingerprint density at radius 2 is 1.96 bits per heavy atom. The first-order valence-electron chi connectivity index (χ1n) is 7.56. The lowest BCUT2D eigenvalue weighted by molar-refractivity contribution is 0.103. The third kappa shape index (κ3) is 3.07. The van der Waals surface area contributed by atoms with E-state index in [0.717, 1.165) is 16.7 Å². The van der Waals surface area contributed by atoms with E-state index >= 15 is 0 Å². The Bertz CT molecular complexity index is 975. The molecule has 4 aromatic rings. The van der Waals surface area contributed by atoms with Crippen LogP contribution < -0.4 is 5.32 Å². The van der Waals surface area contributed by atoms with Crippen molar-refractivity contribution in [3.05, 3.63) is 82.4 Å². The van der Waals surface area contributed by atoms with E-state index in [2.05, 4.69) is 10.3 Å². The Morgan fingerprint density at radius 1 is 1.08 bits per heavy atom. The average molecular weight is 334 g/mol. The monoisotopic (exact) mass is 334 g/mol. The Hall–Kier alpha value is -2.92. The van der Waals surface area contributed by atoms with Crippen LogP contribution in [0.25, 0.3) is 11.1 Å². The molecule has 2 heterocycles. The van der Waals surface area contributed by atoms with Crippen LogP contribution in [-0.2, 0) is 6.42 Å². The standard InChI is InChI=1S/C19H14N2O2S/c22-19(17-7-4-10-24-17)20-14-8-9-16-15(12-14)21-18(23-16)11-13-5-2-1-3-6-13/h1-10,12H,11H2,(H,20,22). The Balaban J connectivity index is 1.56. The minimum absolute atomic E-state index is 0.114. The summed E-state index contributed by atoms with van der Waals surface area (Å²) in [6, 6.07) is 19.2. The topological polar surface area (TPSA) is 55.1 Å². The smallest absolute Gasteiger partial charge is 0.265 e. The highest BCUT2D eigenvalue weighted by Crippen LogP contribution is 2.22. The lowest BCUT2D eigenvalue weighted by Crippen LogP contribution is -2.09. The van der Waals surface area contributed by atoms with Crippen molar-refractivity contribution in [2.45, 2.75) is 6.42 Å². The van der Waals surface area contributed by atoms with E-state index in [1.165, 1.54) is 11.3 Å². The van der Waals surface area contributed by atoms with Crippen LogP contribution in [-0.4, -0.2) is 10.9 Å². The molecule has 2 aromatic carbocycles. The molecule has 0 aliphatic rings. The van der Waals surface area contributed by atoms with Crippen LogP contribution in [0.1, 0.15) is 21.1 Å². The molecule has 0 bridgehead atoms. The van der Waals surface area contributed by atoms with Crippen molar-refractivity contribution >= 4 is 34.0 Å². The molecule has 0 radical (unpaired) electrons. The number of fused-ring (bicyclic) bond motifs is 1. The molecule has 5 heteroatoms. The van der Waals surface area contributed by atoms with Crippen molar-refractivity contribution in [1.29, 1.82) is 0 Å². The maximum absolute atomic E-state index is 12.1. The highest BCUT2D eigenvalue weighted by Gasteiger charge is 2.10. The summed E-state index contributed by atoms with van der Waals surface area (Å²) in [4.78, 5) is 17.3. The van der Waals surface area contributed by atoms with Crippen LogP contribution in [0.2, 0.25) is 0 Å². The number of hydrogen-bond donors (Lipinski definition) is 1. The molecule has 0 fully saturated rings. The lowest BCUT2D eigenvalue weighted by atomic mass is 10.1. The van der Waals surface area contributed by atoms with Gasteiger partial charge in [-0.25, -0.2) is 4.98 Å². The minimum atomic E-state index is -0.114. The van der Waals surface area contributed by atoms with E-state index in [-0.39, 0.29) is 5.91 Å². The molecule has 0 aliphatic heterocycles. The zero-order valence-corrected chi connectivity index (χ0v) is 13.5. The van der Waals surface area contributed by atoms with Crippen molar-refractivity contribution in [2.75, 3.05) is 5.32 Å². The second-order valence-electron chi connectivity index (χ2n) is 5.38. The van der Waals surface area contributed by atoms with Gasteiger partial charge in [-0.1, -0.05) is 36.4 Å². The third-order valence-electron chi connectivity index (χ3n) is 3.63. The number of benzene rings is 2. The van der Waals surface area contributed by atoms with E-state index in [0.29, 0.717) is 22.9 Å². The van der Waals surface area contributed by atoms with Gasteiger partial charge in [0.05, 0.1) is 4.88 Å². The van der Waals surface area contributed by atoms with Crippen LogP contribution >= 0.6 is 11.3 Å². The molecule has 0 unspecified atom stereocenters. The molecule has 0 atom stereocenters. The second-order valence-corrected chi connectivity index (χ2v) is 6.33. The summed E-state index contributed by atoms with van der Waals surface area (Å²) in [5.74, 6) is 0.551. The van der Waals surface area contributed by atoms with Crippen molar-refractivity contribution in [2.24, 2.45) is 0 Å². The van der Waals surface area contributed by atoms with Crippen LogP contribution in [0.3, 0.4) is 0 Å². The molecule has 118 valence electrons. The highest BCUT2D eigenvalue weighted by atomic mass is 32.1. The van der Waals surface area contributed by atoms with Crippen molar-refractivity contribution < 1.29 is 9.21 Å². The summed E-state index contributed by atoms with van der Waals surface area (Å²) in [5, 5.41) is 4.77. The molecule has 0 saturated heterocycles. The number of oxazole rings is 1. The summed E-state index contributed by atoms with van der Waals surface area (Å²) in [5.41, 5.74) is 3.32. The molecular formula is C19H14N2O2S. The number of amides is 1. The number of carbonyl (C=O) groups excluding carboxylic acids is 1. The first kappa shape index (κ1) is 14.7. The Kier molecular flexibility index (Phi) is 3.84. The molecule has 0 spiro atoms. The van der Waals surface area contributed by atoms with Crippen molar-refractivity contribution in [3.63, 3.8) is 0 Å². The van der Waals surface area contributed by atoms with Gasteiger partial charge in [-0.15, -0.1) is 11.3 Å². The van der Waals surface area contributed by atoms with Gasteiger partial charge in [-0.05, 0) is 35.2 Å². The number of carbonyl (C=O) groups is 1. The van der Waals surface area contributed by atoms with Gasteiger partial charge in [0.25, 0.3) is 5.91 Å². The summed E-state index contributed by atoms with van der Waals surface area (Å²) in [6.45, 7) is 0. The fourth-order valence-corrected chi connectivity index (χ4v) is 3.12. The van der Waals surface area contributed by atoms with Gasteiger partial charge in [0.15, 0.2) is 11.5 Å². The predicted molar refractivity (Wildman–Crippen MR) is 95.5 cm³/mol. The van der Waals surface area contributed by atoms with Gasteiger partial charge >= 0.3 is 0 Å². The molecule has 4 rings (SSSR count). The number of thiophene rings is 1. The number of aromatic nitrogens is 1. The van der Waals surface area contributed by atoms with Crippen molar-refractivity contribution in [1.82, 2.24) is 4.98 Å². The quantitative estimate of drug-likeness (QED) is 0.587. The zero-order valence-electron chi connectivity index (χ0n) is 12.7. The summed E-state index contributed by atoms with van der Waals surface area (Å²) < 4.78 is 5.78. The Morgan fingerprint density at radius 3 is 2.75 bits per heavy atom. The van der Waals surface area contributed by atoms with E-state index in [1.54, 1.807) is 6.07 Å². The van der Waals surface area contributed by atoms with Gasteiger partial charge < -0.3 is 9.73 Å². The maximum Gasteiger partial charge on any atom is 0.265 e. The van der Waals surface area contributed by atoms with Crippen LogP contribution in [0.4, 0.5) is 5.69 Å². The van der Waals surface area contributed by atoms with Gasteiger partial charge in [-0.2, -0.15) is 0 Å². The van der Waals surface area contributed by atoms with Gasteiger partial charge in [0.1, 0.15) is 5.52 Å². The van der Waals surface area contributed by atoms with Crippen LogP contribution in [0, 0.1) is 0 Å². The Labute approximate surface area is 142 Å². The normalized spacial score (nSPS) is 10.8. The number of rotatable bonds is 4. The number of nitrogens with zero attached hydrogens (tertiary/aromatic N) is 1. The third-order valence-corrected chi connectivity index (χ3v) is 4.50. The summed E-state index contributed by atoms with van der Waals surface area (Å²) in [7, 11) is 0. The molecule has 2 aromatic heterocycles. The van der Waals surface area contributed by atoms with Crippen LogP contribution in [0.15, 0.2) is 70.5 Å². The lowest BCUT2D eigenvalue weighted by Gasteiger charge is -2.02. The molecular weight excluding hydrogens is 320 g/mol. The number of hydrogen-bond acceptors (Lipinski definition) is 4. The van der Waals surface area contributed by atoms with E-state index in [4.69, 9.17) is 4.42 Å². The fourth-order valence-electron chi connectivity index (χ4n) is 2.50.